The van der Waals surface area contributed by atoms with E-state index in [2.05, 4.69) is 11.4 Å². The van der Waals surface area contributed by atoms with Crippen molar-refractivity contribution >= 4 is 17.5 Å². The van der Waals surface area contributed by atoms with E-state index in [4.69, 9.17) is 0 Å². The third-order valence-electron chi connectivity index (χ3n) is 5.16. The minimum absolute atomic E-state index is 0.0835. The molecule has 0 atom stereocenters. The fourth-order valence-corrected chi connectivity index (χ4v) is 3.77. The summed E-state index contributed by atoms with van der Waals surface area (Å²) in [5.41, 5.74) is 6.18. The number of likely N-dealkylation sites (N-methyl/N-ethyl adjacent to an activating group) is 1. The Hall–Kier alpha value is -3.91. The van der Waals surface area contributed by atoms with Crippen LogP contribution in [0.1, 0.15) is 32.6 Å². The van der Waals surface area contributed by atoms with E-state index in [1.807, 2.05) is 57.2 Å². The third kappa shape index (κ3) is 4.81. The zero-order valence-electron chi connectivity index (χ0n) is 18.2. The Bertz CT molecular complexity index is 1170. The summed E-state index contributed by atoms with van der Waals surface area (Å²) >= 11 is 0. The molecule has 5 nitrogen and oxygen atoms in total. The van der Waals surface area contributed by atoms with Crippen molar-refractivity contribution in [2.45, 2.75) is 20.8 Å². The molecule has 3 aromatic carbocycles. The van der Waals surface area contributed by atoms with Gasteiger partial charge in [0.15, 0.2) is 0 Å². The van der Waals surface area contributed by atoms with Gasteiger partial charge in [-0.2, -0.15) is 5.26 Å². The number of hydrogen-bond acceptors (Lipinski definition) is 3. The summed E-state index contributed by atoms with van der Waals surface area (Å²) < 4.78 is 0. The molecule has 2 amide bonds. The number of aryl methyl sites for hydroxylation is 3. The van der Waals surface area contributed by atoms with Gasteiger partial charge in [0.25, 0.3) is 5.91 Å². The molecule has 0 aliphatic carbocycles. The Morgan fingerprint density at radius 1 is 0.935 bits per heavy atom. The van der Waals surface area contributed by atoms with Gasteiger partial charge in [0.05, 0.1) is 18.2 Å². The molecule has 156 valence electrons. The normalized spacial score (nSPS) is 10.3. The van der Waals surface area contributed by atoms with Crippen LogP contribution in [-0.2, 0) is 4.79 Å². The van der Waals surface area contributed by atoms with E-state index in [0.717, 1.165) is 22.4 Å². The predicted molar refractivity (Wildman–Crippen MR) is 123 cm³/mol. The van der Waals surface area contributed by atoms with Crippen LogP contribution in [0.5, 0.6) is 0 Å². The van der Waals surface area contributed by atoms with Gasteiger partial charge in [-0.3, -0.25) is 9.59 Å². The monoisotopic (exact) mass is 411 g/mol. The summed E-state index contributed by atoms with van der Waals surface area (Å²) in [4.78, 5) is 27.2. The van der Waals surface area contributed by atoms with Gasteiger partial charge in [-0.05, 0) is 49.6 Å². The Morgan fingerprint density at radius 3 is 2.16 bits per heavy atom. The van der Waals surface area contributed by atoms with E-state index in [1.165, 1.54) is 4.90 Å². The second-order valence-electron chi connectivity index (χ2n) is 7.69. The fourth-order valence-electron chi connectivity index (χ4n) is 3.77. The van der Waals surface area contributed by atoms with Crippen molar-refractivity contribution < 1.29 is 9.59 Å². The van der Waals surface area contributed by atoms with Crippen LogP contribution >= 0.6 is 0 Å². The van der Waals surface area contributed by atoms with Crippen molar-refractivity contribution in [1.29, 1.82) is 5.26 Å². The molecule has 0 spiro atoms. The fraction of sp³-hybridized carbons (Fsp3) is 0.192. The van der Waals surface area contributed by atoms with E-state index in [9.17, 15) is 14.9 Å². The highest BCUT2D eigenvalue weighted by Crippen LogP contribution is 2.28. The number of nitrogens with zero attached hydrogens (tertiary/aromatic N) is 2. The van der Waals surface area contributed by atoms with Gasteiger partial charge in [0, 0.05) is 23.9 Å². The SMILES string of the molecule is Cc1cc(C)c(NC(=O)CN(C)C(=O)c2ccccc2-c2ccccc2C#N)c(C)c1. The maximum absolute atomic E-state index is 13.2. The van der Waals surface area contributed by atoms with Gasteiger partial charge >= 0.3 is 0 Å². The van der Waals surface area contributed by atoms with Crippen LogP contribution in [0.4, 0.5) is 5.69 Å². The number of hydrogen-bond donors (Lipinski definition) is 1. The van der Waals surface area contributed by atoms with Gasteiger partial charge < -0.3 is 10.2 Å². The highest BCUT2D eigenvalue weighted by atomic mass is 16.2. The van der Waals surface area contributed by atoms with Gasteiger partial charge in [0.1, 0.15) is 0 Å². The minimum Gasteiger partial charge on any atom is -0.332 e. The summed E-state index contributed by atoms with van der Waals surface area (Å²) in [7, 11) is 1.60. The van der Waals surface area contributed by atoms with Crippen molar-refractivity contribution in [1.82, 2.24) is 4.90 Å². The van der Waals surface area contributed by atoms with Crippen LogP contribution in [-0.4, -0.2) is 30.3 Å². The summed E-state index contributed by atoms with van der Waals surface area (Å²) in [6.07, 6.45) is 0. The molecular formula is C26H25N3O2. The maximum atomic E-state index is 13.2. The summed E-state index contributed by atoms with van der Waals surface area (Å²) in [6.45, 7) is 5.83. The average Bonchev–Trinajstić information content (AvgIpc) is 2.75. The number of benzene rings is 3. The lowest BCUT2D eigenvalue weighted by molar-refractivity contribution is -0.116. The van der Waals surface area contributed by atoms with Gasteiger partial charge in [-0.25, -0.2) is 0 Å². The van der Waals surface area contributed by atoms with E-state index in [1.54, 1.807) is 31.3 Å². The van der Waals surface area contributed by atoms with Crippen molar-refractivity contribution in [3.63, 3.8) is 0 Å². The van der Waals surface area contributed by atoms with E-state index >= 15 is 0 Å². The van der Waals surface area contributed by atoms with Crippen LogP contribution in [0.3, 0.4) is 0 Å². The summed E-state index contributed by atoms with van der Waals surface area (Å²) in [5, 5.41) is 12.4. The topological polar surface area (TPSA) is 73.2 Å². The number of nitrogens with one attached hydrogen (secondary N) is 1. The first kappa shape index (κ1) is 21.8. The van der Waals surface area contributed by atoms with E-state index in [0.29, 0.717) is 22.3 Å². The minimum atomic E-state index is -0.282. The molecule has 0 saturated heterocycles. The lowest BCUT2D eigenvalue weighted by atomic mass is 9.95. The molecule has 0 unspecified atom stereocenters. The largest absolute Gasteiger partial charge is 0.332 e. The molecule has 0 saturated carbocycles. The van der Waals surface area contributed by atoms with Crippen LogP contribution in [0.25, 0.3) is 11.1 Å². The quantitative estimate of drug-likeness (QED) is 0.651. The molecule has 0 aliphatic rings. The number of carbonyl (C=O) groups excluding carboxylic acids is 2. The van der Waals surface area contributed by atoms with E-state index in [-0.39, 0.29) is 18.4 Å². The zero-order chi connectivity index (χ0) is 22.5. The van der Waals surface area contributed by atoms with Gasteiger partial charge in [-0.1, -0.05) is 54.1 Å². The maximum Gasteiger partial charge on any atom is 0.254 e. The molecule has 0 radical (unpaired) electrons. The predicted octanol–water partition coefficient (Wildman–Crippen LogP) is 4.86. The number of anilines is 1. The molecule has 5 heteroatoms. The number of carbonyl (C=O) groups is 2. The number of nitriles is 1. The van der Waals surface area contributed by atoms with E-state index < -0.39 is 0 Å². The second-order valence-corrected chi connectivity index (χ2v) is 7.69. The third-order valence-corrected chi connectivity index (χ3v) is 5.16. The number of rotatable bonds is 5. The molecule has 31 heavy (non-hydrogen) atoms. The number of amides is 2. The van der Waals surface area contributed by atoms with Crippen molar-refractivity contribution in [2.75, 3.05) is 18.9 Å². The molecule has 1 N–H and O–H groups in total. The molecule has 0 bridgehead atoms. The molecule has 3 aromatic rings. The summed E-state index contributed by atoms with van der Waals surface area (Å²) in [5.74, 6) is -0.545. The molecule has 0 heterocycles. The highest BCUT2D eigenvalue weighted by Gasteiger charge is 2.20. The first-order valence-corrected chi connectivity index (χ1v) is 10.0. The van der Waals surface area contributed by atoms with Crippen molar-refractivity contribution in [3.8, 4) is 17.2 Å². The van der Waals surface area contributed by atoms with Crippen LogP contribution in [0, 0.1) is 32.1 Å². The van der Waals surface area contributed by atoms with Crippen LogP contribution in [0.15, 0.2) is 60.7 Å². The Balaban J connectivity index is 1.82. The summed E-state index contributed by atoms with van der Waals surface area (Å²) in [6, 6.07) is 20.5. The Kier molecular flexibility index (Phi) is 6.52. The molecule has 0 fully saturated rings. The molecule has 3 rings (SSSR count). The smallest absolute Gasteiger partial charge is 0.254 e. The van der Waals surface area contributed by atoms with Crippen molar-refractivity contribution in [3.05, 3.63) is 88.5 Å². The lowest BCUT2D eigenvalue weighted by Gasteiger charge is -2.20. The molecule has 0 aromatic heterocycles. The average molecular weight is 412 g/mol. The Morgan fingerprint density at radius 2 is 1.52 bits per heavy atom. The molecular weight excluding hydrogens is 386 g/mol. The molecule has 0 aliphatic heterocycles. The Labute approximate surface area is 182 Å². The zero-order valence-corrected chi connectivity index (χ0v) is 18.2. The van der Waals surface area contributed by atoms with Crippen molar-refractivity contribution in [2.24, 2.45) is 0 Å². The standard InChI is InChI=1S/C26H25N3O2/c1-17-13-18(2)25(19(3)14-17)28-24(30)16-29(4)26(31)23-12-8-7-11-22(23)21-10-6-5-9-20(21)15-27/h5-14H,16H2,1-4H3,(H,28,30). The highest BCUT2D eigenvalue weighted by molar-refractivity contribution is 6.04. The van der Waals surface area contributed by atoms with Gasteiger partial charge in [-0.15, -0.1) is 0 Å². The van der Waals surface area contributed by atoms with Gasteiger partial charge in [0.2, 0.25) is 5.91 Å². The van der Waals surface area contributed by atoms with Crippen LogP contribution in [0.2, 0.25) is 0 Å². The first-order valence-electron chi connectivity index (χ1n) is 10.0. The lowest BCUT2D eigenvalue weighted by Crippen LogP contribution is -2.35. The second kappa shape index (κ2) is 9.27. The first-order chi connectivity index (χ1) is 14.8. The van der Waals surface area contributed by atoms with Crippen LogP contribution < -0.4 is 5.32 Å².